The van der Waals surface area contributed by atoms with Crippen molar-refractivity contribution in [2.75, 3.05) is 14.2 Å². The van der Waals surface area contributed by atoms with E-state index in [1.54, 1.807) is 7.11 Å². The van der Waals surface area contributed by atoms with Crippen molar-refractivity contribution in [2.24, 2.45) is 7.05 Å². The summed E-state index contributed by atoms with van der Waals surface area (Å²) in [7, 11) is 5.67. The minimum atomic E-state index is 0.0876. The third-order valence-electron chi connectivity index (χ3n) is 3.50. The first-order valence-corrected chi connectivity index (χ1v) is 6.38. The van der Waals surface area contributed by atoms with Gasteiger partial charge in [-0.15, -0.1) is 0 Å². The highest BCUT2D eigenvalue weighted by Gasteiger charge is 2.19. The van der Waals surface area contributed by atoms with Gasteiger partial charge < -0.3 is 14.6 Å². The Hall–Kier alpha value is -1.81. The van der Waals surface area contributed by atoms with Gasteiger partial charge in [-0.05, 0) is 43.7 Å². The van der Waals surface area contributed by atoms with Gasteiger partial charge in [0.15, 0.2) is 0 Å². The summed E-state index contributed by atoms with van der Waals surface area (Å²) in [6.07, 6.45) is 3.79. The van der Waals surface area contributed by atoms with Gasteiger partial charge in [0, 0.05) is 19.4 Å². The summed E-state index contributed by atoms with van der Waals surface area (Å²) in [5.74, 6) is 1.94. The molecule has 19 heavy (non-hydrogen) atoms. The van der Waals surface area contributed by atoms with Crippen LogP contribution in [0.25, 0.3) is 0 Å². The number of methoxy groups -OCH3 is 1. The van der Waals surface area contributed by atoms with Crippen molar-refractivity contribution in [1.29, 1.82) is 0 Å². The van der Waals surface area contributed by atoms with Crippen LogP contribution < -0.4 is 10.1 Å². The summed E-state index contributed by atoms with van der Waals surface area (Å²) in [5, 5.41) is 3.34. The van der Waals surface area contributed by atoms with E-state index in [2.05, 4.69) is 36.3 Å². The number of imidazole rings is 1. The van der Waals surface area contributed by atoms with Gasteiger partial charge in [0.2, 0.25) is 0 Å². The second-order valence-corrected chi connectivity index (χ2v) is 4.80. The summed E-state index contributed by atoms with van der Waals surface area (Å²) in [5.41, 5.74) is 3.57. The minimum absolute atomic E-state index is 0.0876. The zero-order valence-electron chi connectivity index (χ0n) is 12.2. The molecule has 1 atom stereocenters. The molecule has 0 radical (unpaired) electrons. The van der Waals surface area contributed by atoms with Crippen molar-refractivity contribution in [3.63, 3.8) is 0 Å². The number of rotatable bonds is 4. The van der Waals surface area contributed by atoms with E-state index in [4.69, 9.17) is 4.74 Å². The molecule has 2 rings (SSSR count). The summed E-state index contributed by atoms with van der Waals surface area (Å²) in [4.78, 5) is 4.45. The highest BCUT2D eigenvalue weighted by Crippen LogP contribution is 2.29. The van der Waals surface area contributed by atoms with Crippen LogP contribution in [0.4, 0.5) is 0 Å². The van der Waals surface area contributed by atoms with Crippen LogP contribution in [-0.4, -0.2) is 23.7 Å². The van der Waals surface area contributed by atoms with Crippen molar-refractivity contribution in [2.45, 2.75) is 19.9 Å². The van der Waals surface area contributed by atoms with Crippen LogP contribution >= 0.6 is 0 Å². The van der Waals surface area contributed by atoms with E-state index in [0.29, 0.717) is 0 Å². The molecule has 1 unspecified atom stereocenters. The monoisotopic (exact) mass is 259 g/mol. The molecule has 0 aliphatic heterocycles. The molecule has 0 bridgehead atoms. The Morgan fingerprint density at radius 1 is 1.26 bits per heavy atom. The van der Waals surface area contributed by atoms with E-state index in [1.807, 2.05) is 31.1 Å². The van der Waals surface area contributed by atoms with Gasteiger partial charge in [0.25, 0.3) is 0 Å². The number of nitrogens with one attached hydrogen (secondary N) is 1. The van der Waals surface area contributed by atoms with E-state index in [-0.39, 0.29) is 6.04 Å². The molecule has 0 amide bonds. The van der Waals surface area contributed by atoms with Gasteiger partial charge in [0.05, 0.1) is 13.2 Å². The molecule has 0 saturated heterocycles. The summed E-state index contributed by atoms with van der Waals surface area (Å²) in [6, 6.07) is 4.34. The summed E-state index contributed by atoms with van der Waals surface area (Å²) < 4.78 is 7.41. The van der Waals surface area contributed by atoms with Crippen LogP contribution in [0.2, 0.25) is 0 Å². The molecule has 4 heteroatoms. The lowest BCUT2D eigenvalue weighted by Crippen LogP contribution is -2.22. The topological polar surface area (TPSA) is 39.1 Å². The zero-order valence-corrected chi connectivity index (χ0v) is 12.2. The fraction of sp³-hybridized carbons (Fsp3) is 0.400. The Kier molecular flexibility index (Phi) is 3.90. The number of hydrogen-bond acceptors (Lipinski definition) is 3. The molecule has 0 fully saturated rings. The molecule has 0 saturated carbocycles. The Morgan fingerprint density at radius 2 is 2.00 bits per heavy atom. The lowest BCUT2D eigenvalue weighted by molar-refractivity contribution is 0.411. The molecule has 0 spiro atoms. The average Bonchev–Trinajstić information content (AvgIpc) is 2.80. The van der Waals surface area contributed by atoms with Crippen LogP contribution in [0.5, 0.6) is 5.75 Å². The van der Waals surface area contributed by atoms with Crippen LogP contribution in [0.3, 0.4) is 0 Å². The van der Waals surface area contributed by atoms with Crippen molar-refractivity contribution < 1.29 is 4.74 Å². The second-order valence-electron chi connectivity index (χ2n) is 4.80. The molecular formula is C15H21N3O. The van der Waals surface area contributed by atoms with Gasteiger partial charge in [0.1, 0.15) is 11.6 Å². The van der Waals surface area contributed by atoms with Crippen LogP contribution in [0, 0.1) is 13.8 Å². The molecule has 2 aromatic rings. The van der Waals surface area contributed by atoms with Gasteiger partial charge in [-0.1, -0.05) is 6.07 Å². The van der Waals surface area contributed by atoms with E-state index in [0.717, 1.165) is 17.1 Å². The van der Waals surface area contributed by atoms with Crippen molar-refractivity contribution in [3.8, 4) is 5.75 Å². The second kappa shape index (κ2) is 5.45. The quantitative estimate of drug-likeness (QED) is 0.916. The van der Waals surface area contributed by atoms with Gasteiger partial charge in [-0.3, -0.25) is 0 Å². The predicted octanol–water partition coefficient (Wildman–Crippen LogP) is 2.35. The Morgan fingerprint density at radius 3 is 2.53 bits per heavy atom. The van der Waals surface area contributed by atoms with E-state index >= 15 is 0 Å². The zero-order chi connectivity index (χ0) is 14.0. The van der Waals surface area contributed by atoms with Crippen molar-refractivity contribution in [1.82, 2.24) is 14.9 Å². The Labute approximate surface area is 114 Å². The van der Waals surface area contributed by atoms with E-state index < -0.39 is 0 Å². The smallest absolute Gasteiger partial charge is 0.130 e. The summed E-state index contributed by atoms with van der Waals surface area (Å²) >= 11 is 0. The van der Waals surface area contributed by atoms with Crippen molar-refractivity contribution >= 4 is 0 Å². The molecule has 102 valence electrons. The van der Waals surface area contributed by atoms with E-state index in [1.165, 1.54) is 11.1 Å². The maximum Gasteiger partial charge on any atom is 0.130 e. The normalized spacial score (nSPS) is 12.5. The first-order valence-electron chi connectivity index (χ1n) is 6.38. The first kappa shape index (κ1) is 13.6. The standard InChI is InChI=1S/C15H21N3O/c1-10-9-13(19-5)11(2)8-12(10)14(16-3)15-17-6-7-18(15)4/h6-9,14,16H,1-5H3. The Balaban J connectivity index is 2.50. The first-order chi connectivity index (χ1) is 9.08. The molecule has 1 heterocycles. The summed E-state index contributed by atoms with van der Waals surface area (Å²) in [6.45, 7) is 4.16. The van der Waals surface area contributed by atoms with Gasteiger partial charge >= 0.3 is 0 Å². The highest BCUT2D eigenvalue weighted by molar-refractivity contribution is 5.44. The lowest BCUT2D eigenvalue weighted by Gasteiger charge is -2.20. The molecule has 0 aliphatic carbocycles. The molecular weight excluding hydrogens is 238 g/mol. The number of hydrogen-bond donors (Lipinski definition) is 1. The van der Waals surface area contributed by atoms with Gasteiger partial charge in [-0.2, -0.15) is 0 Å². The van der Waals surface area contributed by atoms with Crippen LogP contribution in [0.15, 0.2) is 24.5 Å². The number of ether oxygens (including phenoxy) is 1. The predicted molar refractivity (Wildman–Crippen MR) is 76.6 cm³/mol. The molecule has 4 nitrogen and oxygen atoms in total. The lowest BCUT2D eigenvalue weighted by atomic mass is 9.97. The SMILES string of the molecule is CNC(c1cc(C)c(OC)cc1C)c1nccn1C. The fourth-order valence-corrected chi connectivity index (χ4v) is 2.42. The minimum Gasteiger partial charge on any atom is -0.496 e. The molecule has 1 aromatic carbocycles. The number of aromatic nitrogens is 2. The molecule has 0 aliphatic rings. The maximum absolute atomic E-state index is 5.37. The number of aryl methyl sites for hydroxylation is 3. The van der Waals surface area contributed by atoms with Gasteiger partial charge in [-0.25, -0.2) is 4.98 Å². The Bertz CT molecular complexity index is 575. The molecule has 1 N–H and O–H groups in total. The largest absolute Gasteiger partial charge is 0.496 e. The maximum atomic E-state index is 5.37. The van der Waals surface area contributed by atoms with Crippen LogP contribution in [0.1, 0.15) is 28.6 Å². The third-order valence-corrected chi connectivity index (χ3v) is 3.50. The highest BCUT2D eigenvalue weighted by atomic mass is 16.5. The van der Waals surface area contributed by atoms with Crippen molar-refractivity contribution in [3.05, 3.63) is 47.0 Å². The van der Waals surface area contributed by atoms with Crippen LogP contribution in [-0.2, 0) is 7.05 Å². The fourth-order valence-electron chi connectivity index (χ4n) is 2.42. The number of nitrogens with zero attached hydrogens (tertiary/aromatic N) is 2. The van der Waals surface area contributed by atoms with E-state index in [9.17, 15) is 0 Å². The average molecular weight is 259 g/mol. The number of benzene rings is 1. The third kappa shape index (κ3) is 2.49. The molecule has 1 aromatic heterocycles.